The van der Waals surface area contributed by atoms with Crippen LogP contribution in [0.3, 0.4) is 0 Å². The van der Waals surface area contributed by atoms with Crippen LogP contribution in [-0.4, -0.2) is 24.6 Å². The van der Waals surface area contributed by atoms with Crippen LogP contribution in [0.1, 0.15) is 33.6 Å². The molecule has 0 aliphatic carbocycles. The minimum Gasteiger partial charge on any atom is -0.548 e. The summed E-state index contributed by atoms with van der Waals surface area (Å²) in [5, 5.41) is 15.7. The molecule has 0 aliphatic heterocycles. The standard InChI is InChI=1S/C10H20N2O3/c1-4-6-11-10(15)12-8(9(13)14)7(3)5-2/h7-8H,4-6H2,1-3H3,(H,13,14)(H2,11,12,15)/p-1/t7-,8+/m1/s1. The van der Waals surface area contributed by atoms with E-state index in [2.05, 4.69) is 10.6 Å². The zero-order valence-corrected chi connectivity index (χ0v) is 9.50. The van der Waals surface area contributed by atoms with E-state index in [1.165, 1.54) is 0 Å². The third-order valence-electron chi connectivity index (χ3n) is 2.29. The topological polar surface area (TPSA) is 81.3 Å². The molecule has 0 bridgehead atoms. The van der Waals surface area contributed by atoms with Crippen molar-refractivity contribution in [3.8, 4) is 0 Å². The molecule has 0 aromatic heterocycles. The van der Waals surface area contributed by atoms with Gasteiger partial charge in [-0.1, -0.05) is 27.2 Å². The van der Waals surface area contributed by atoms with Crippen molar-refractivity contribution < 1.29 is 14.7 Å². The predicted molar refractivity (Wildman–Crippen MR) is 55.1 cm³/mol. The molecule has 0 spiro atoms. The normalized spacial score (nSPS) is 14.1. The molecule has 0 saturated heterocycles. The predicted octanol–water partition coefficient (Wildman–Crippen LogP) is -0.140. The molecule has 0 aromatic rings. The van der Waals surface area contributed by atoms with E-state index in [-0.39, 0.29) is 5.92 Å². The molecular weight excluding hydrogens is 196 g/mol. The van der Waals surface area contributed by atoms with Gasteiger partial charge >= 0.3 is 6.03 Å². The molecule has 0 aliphatic rings. The van der Waals surface area contributed by atoms with Crippen LogP contribution in [0, 0.1) is 5.92 Å². The molecule has 15 heavy (non-hydrogen) atoms. The Labute approximate surface area is 90.2 Å². The molecule has 2 N–H and O–H groups in total. The molecule has 0 radical (unpaired) electrons. The second-order valence-electron chi connectivity index (χ2n) is 3.58. The molecule has 0 unspecified atom stereocenters. The number of carboxylic acid groups (broad SMARTS) is 1. The number of hydrogen-bond acceptors (Lipinski definition) is 3. The molecule has 2 atom stereocenters. The molecule has 5 heteroatoms. The summed E-state index contributed by atoms with van der Waals surface area (Å²) in [6.07, 6.45) is 1.49. The largest absolute Gasteiger partial charge is 0.548 e. The minimum absolute atomic E-state index is 0.137. The van der Waals surface area contributed by atoms with E-state index in [0.29, 0.717) is 13.0 Å². The van der Waals surface area contributed by atoms with E-state index >= 15 is 0 Å². The maximum absolute atomic E-state index is 11.2. The van der Waals surface area contributed by atoms with E-state index < -0.39 is 18.0 Å². The lowest BCUT2D eigenvalue weighted by Crippen LogP contribution is -2.53. The first-order valence-electron chi connectivity index (χ1n) is 5.28. The van der Waals surface area contributed by atoms with Crippen LogP contribution in [0.15, 0.2) is 0 Å². The van der Waals surface area contributed by atoms with Crippen molar-refractivity contribution in [3.63, 3.8) is 0 Å². The number of aliphatic carboxylic acids is 1. The van der Waals surface area contributed by atoms with E-state index in [1.54, 1.807) is 6.92 Å². The van der Waals surface area contributed by atoms with Gasteiger partial charge in [-0.15, -0.1) is 0 Å². The smallest absolute Gasteiger partial charge is 0.315 e. The first-order valence-corrected chi connectivity index (χ1v) is 5.28. The number of hydrogen-bond donors (Lipinski definition) is 2. The van der Waals surface area contributed by atoms with Crippen LogP contribution in [0.5, 0.6) is 0 Å². The van der Waals surface area contributed by atoms with Gasteiger partial charge in [0.2, 0.25) is 0 Å². The highest BCUT2D eigenvalue weighted by atomic mass is 16.4. The highest BCUT2D eigenvalue weighted by Gasteiger charge is 2.18. The van der Waals surface area contributed by atoms with Gasteiger partial charge in [-0.25, -0.2) is 4.79 Å². The van der Waals surface area contributed by atoms with Crippen LogP contribution in [-0.2, 0) is 4.79 Å². The van der Waals surface area contributed by atoms with Crippen LogP contribution < -0.4 is 15.7 Å². The van der Waals surface area contributed by atoms with Gasteiger partial charge in [-0.3, -0.25) is 0 Å². The lowest BCUT2D eigenvalue weighted by atomic mass is 9.99. The van der Waals surface area contributed by atoms with Gasteiger partial charge < -0.3 is 20.5 Å². The zero-order chi connectivity index (χ0) is 11.8. The molecule has 0 rings (SSSR count). The van der Waals surface area contributed by atoms with Crippen molar-refractivity contribution in [1.82, 2.24) is 10.6 Å². The highest BCUT2D eigenvalue weighted by Crippen LogP contribution is 2.06. The average Bonchev–Trinajstić information content (AvgIpc) is 2.21. The van der Waals surface area contributed by atoms with E-state index in [1.807, 2.05) is 13.8 Å². The first-order chi connectivity index (χ1) is 7.02. The Morgan fingerprint density at radius 2 is 1.93 bits per heavy atom. The molecule has 0 fully saturated rings. The van der Waals surface area contributed by atoms with Gasteiger partial charge in [0.25, 0.3) is 0 Å². The maximum atomic E-state index is 11.2. The van der Waals surface area contributed by atoms with Gasteiger partial charge in [0, 0.05) is 6.54 Å². The Morgan fingerprint density at radius 3 is 2.33 bits per heavy atom. The Hall–Kier alpha value is -1.26. The Bertz CT molecular complexity index is 219. The second kappa shape index (κ2) is 7.09. The number of nitrogens with one attached hydrogen (secondary N) is 2. The average molecular weight is 215 g/mol. The van der Waals surface area contributed by atoms with Crippen LogP contribution in [0.4, 0.5) is 4.79 Å². The summed E-state index contributed by atoms with van der Waals surface area (Å²) in [6, 6.07) is -1.38. The van der Waals surface area contributed by atoms with Gasteiger partial charge in [0.05, 0.1) is 12.0 Å². The van der Waals surface area contributed by atoms with Crippen molar-refractivity contribution in [2.45, 2.75) is 39.7 Å². The van der Waals surface area contributed by atoms with Crippen LogP contribution in [0.25, 0.3) is 0 Å². The van der Waals surface area contributed by atoms with Gasteiger partial charge in [-0.05, 0) is 12.3 Å². The molecule has 88 valence electrons. The fourth-order valence-electron chi connectivity index (χ4n) is 1.10. The monoisotopic (exact) mass is 215 g/mol. The lowest BCUT2D eigenvalue weighted by Gasteiger charge is -2.25. The fourth-order valence-corrected chi connectivity index (χ4v) is 1.10. The number of urea groups is 1. The number of amides is 2. The number of rotatable bonds is 6. The van der Waals surface area contributed by atoms with Crippen molar-refractivity contribution in [2.24, 2.45) is 5.92 Å². The molecule has 0 saturated carbocycles. The van der Waals surface area contributed by atoms with Crippen molar-refractivity contribution in [1.29, 1.82) is 0 Å². The summed E-state index contributed by atoms with van der Waals surface area (Å²) in [7, 11) is 0. The first kappa shape index (κ1) is 13.7. The Balaban J connectivity index is 4.16. The second-order valence-corrected chi connectivity index (χ2v) is 3.58. The molecule has 0 aromatic carbocycles. The summed E-state index contributed by atoms with van der Waals surface area (Å²) in [4.78, 5) is 22.0. The fraction of sp³-hybridized carbons (Fsp3) is 0.800. The zero-order valence-electron chi connectivity index (χ0n) is 9.50. The summed E-state index contributed by atoms with van der Waals surface area (Å²) in [5.41, 5.74) is 0. The molecule has 2 amide bonds. The summed E-state index contributed by atoms with van der Waals surface area (Å²) in [6.45, 7) is 6.09. The summed E-state index contributed by atoms with van der Waals surface area (Å²) in [5.74, 6) is -1.38. The van der Waals surface area contributed by atoms with E-state index in [9.17, 15) is 14.7 Å². The molecular formula is C10H19N2O3-. The van der Waals surface area contributed by atoms with Crippen LogP contribution in [0.2, 0.25) is 0 Å². The summed E-state index contributed by atoms with van der Waals surface area (Å²) >= 11 is 0. The Morgan fingerprint density at radius 1 is 1.33 bits per heavy atom. The van der Waals surface area contributed by atoms with E-state index in [0.717, 1.165) is 6.42 Å². The van der Waals surface area contributed by atoms with Crippen molar-refractivity contribution in [3.05, 3.63) is 0 Å². The van der Waals surface area contributed by atoms with Gasteiger partial charge in [0.15, 0.2) is 0 Å². The number of carbonyl (C=O) groups excluding carboxylic acids is 2. The molecule has 0 heterocycles. The molecule has 5 nitrogen and oxygen atoms in total. The minimum atomic E-state index is -1.24. The van der Waals surface area contributed by atoms with Crippen molar-refractivity contribution in [2.75, 3.05) is 6.54 Å². The third-order valence-corrected chi connectivity index (χ3v) is 2.29. The number of carboxylic acids is 1. The quantitative estimate of drug-likeness (QED) is 0.647. The van der Waals surface area contributed by atoms with Gasteiger partial charge in [-0.2, -0.15) is 0 Å². The maximum Gasteiger partial charge on any atom is 0.315 e. The third kappa shape index (κ3) is 5.24. The number of carbonyl (C=O) groups is 2. The Kier molecular flexibility index (Phi) is 6.49. The lowest BCUT2D eigenvalue weighted by molar-refractivity contribution is -0.309. The SMILES string of the molecule is CCCNC(=O)N[C@H](C(=O)[O-])[C@H](C)CC. The van der Waals surface area contributed by atoms with Crippen molar-refractivity contribution >= 4 is 12.0 Å². The van der Waals surface area contributed by atoms with Gasteiger partial charge in [0.1, 0.15) is 0 Å². The van der Waals surface area contributed by atoms with E-state index in [4.69, 9.17) is 0 Å². The summed E-state index contributed by atoms with van der Waals surface area (Å²) < 4.78 is 0. The van der Waals surface area contributed by atoms with Crippen LogP contribution >= 0.6 is 0 Å². The highest BCUT2D eigenvalue weighted by molar-refractivity contribution is 5.81.